The van der Waals surface area contributed by atoms with Crippen molar-refractivity contribution in [3.8, 4) is 0 Å². The van der Waals surface area contributed by atoms with E-state index in [1.165, 1.54) is 12.1 Å². The van der Waals surface area contributed by atoms with Crippen LogP contribution in [-0.2, 0) is 21.1 Å². The third-order valence-corrected chi connectivity index (χ3v) is 7.38. The summed E-state index contributed by atoms with van der Waals surface area (Å²) in [6, 6.07) is 13.5. The average molecular weight is 443 g/mol. The Balaban J connectivity index is 1.80. The highest BCUT2D eigenvalue weighted by molar-refractivity contribution is 7.92. The molecule has 7 nitrogen and oxygen atoms in total. The van der Waals surface area contributed by atoms with E-state index in [0.29, 0.717) is 34.9 Å². The molecule has 0 aliphatic carbocycles. The molecular formula is C21H19ClN4O3S. The van der Waals surface area contributed by atoms with Crippen molar-refractivity contribution < 1.29 is 13.2 Å². The van der Waals surface area contributed by atoms with Crippen LogP contribution in [-0.4, -0.2) is 35.7 Å². The van der Waals surface area contributed by atoms with E-state index < -0.39 is 9.84 Å². The number of nitrogens with zero attached hydrogens (tertiary/aromatic N) is 3. The molecule has 0 amide bonds. The predicted molar refractivity (Wildman–Crippen MR) is 115 cm³/mol. The Morgan fingerprint density at radius 2 is 1.90 bits per heavy atom. The molecule has 4 aromatic rings. The lowest BCUT2D eigenvalue weighted by Gasteiger charge is -2.13. The lowest BCUT2D eigenvalue weighted by Crippen LogP contribution is -2.17. The topological polar surface area (TPSA) is 100 Å². The smallest absolute Gasteiger partial charge is 0.212 e. The standard InChI is InChI=1S/C21H19ClN4O3S/c22-13-5-3-7-15(11-13)30(27,28)19-18-21(25-17-9-2-1-8-16(17)24-18)26(20(19)23)12-14-6-4-10-29-14/h1-3,5,7-9,11,14H,4,6,10,12,23H2. The fourth-order valence-corrected chi connectivity index (χ4v) is 5.69. The zero-order valence-corrected chi connectivity index (χ0v) is 17.5. The molecule has 1 fully saturated rings. The first-order valence-corrected chi connectivity index (χ1v) is 11.5. The van der Waals surface area contributed by atoms with Gasteiger partial charge in [-0.05, 0) is 43.2 Å². The molecule has 30 heavy (non-hydrogen) atoms. The number of para-hydroxylation sites is 2. The van der Waals surface area contributed by atoms with Crippen LogP contribution < -0.4 is 5.73 Å². The molecule has 5 rings (SSSR count). The van der Waals surface area contributed by atoms with E-state index in [-0.39, 0.29) is 27.2 Å². The third-order valence-electron chi connectivity index (χ3n) is 5.33. The predicted octanol–water partition coefficient (Wildman–Crippen LogP) is 3.83. The molecule has 0 saturated carbocycles. The first kappa shape index (κ1) is 19.3. The van der Waals surface area contributed by atoms with Gasteiger partial charge in [-0.15, -0.1) is 0 Å². The summed E-state index contributed by atoms with van der Waals surface area (Å²) in [7, 11) is -3.97. The number of anilines is 1. The van der Waals surface area contributed by atoms with E-state index >= 15 is 0 Å². The lowest BCUT2D eigenvalue weighted by molar-refractivity contribution is 0.0983. The van der Waals surface area contributed by atoms with Crippen molar-refractivity contribution in [3.63, 3.8) is 0 Å². The van der Waals surface area contributed by atoms with Gasteiger partial charge < -0.3 is 15.0 Å². The number of hydrogen-bond acceptors (Lipinski definition) is 6. The Labute approximate surface area is 178 Å². The van der Waals surface area contributed by atoms with Crippen molar-refractivity contribution in [2.24, 2.45) is 0 Å². The van der Waals surface area contributed by atoms with Gasteiger partial charge in [0.2, 0.25) is 9.84 Å². The van der Waals surface area contributed by atoms with Crippen LogP contribution >= 0.6 is 11.6 Å². The first-order valence-electron chi connectivity index (χ1n) is 9.62. The van der Waals surface area contributed by atoms with Crippen molar-refractivity contribution in [3.05, 3.63) is 53.6 Å². The van der Waals surface area contributed by atoms with E-state index in [1.807, 2.05) is 18.2 Å². The number of nitrogen functional groups attached to an aromatic ring is 1. The number of aromatic nitrogens is 3. The van der Waals surface area contributed by atoms with Gasteiger partial charge in [0.15, 0.2) is 5.65 Å². The van der Waals surface area contributed by atoms with E-state index in [1.54, 1.807) is 22.8 Å². The molecule has 3 heterocycles. The molecule has 9 heteroatoms. The lowest BCUT2D eigenvalue weighted by atomic mass is 10.2. The number of rotatable bonds is 4. The molecule has 2 N–H and O–H groups in total. The summed E-state index contributed by atoms with van der Waals surface area (Å²) < 4.78 is 34.6. The molecule has 1 unspecified atom stereocenters. The Morgan fingerprint density at radius 3 is 2.60 bits per heavy atom. The maximum Gasteiger partial charge on any atom is 0.212 e. The fraction of sp³-hybridized carbons (Fsp3) is 0.238. The minimum Gasteiger partial charge on any atom is -0.384 e. The van der Waals surface area contributed by atoms with Gasteiger partial charge in [-0.1, -0.05) is 29.8 Å². The minimum atomic E-state index is -3.97. The van der Waals surface area contributed by atoms with E-state index in [2.05, 4.69) is 4.98 Å². The van der Waals surface area contributed by atoms with Gasteiger partial charge in [0, 0.05) is 11.6 Å². The summed E-state index contributed by atoms with van der Waals surface area (Å²) in [6.45, 7) is 1.10. The van der Waals surface area contributed by atoms with Crippen LogP contribution in [0.3, 0.4) is 0 Å². The van der Waals surface area contributed by atoms with Gasteiger partial charge in [0.25, 0.3) is 0 Å². The van der Waals surface area contributed by atoms with Gasteiger partial charge in [0.05, 0.1) is 28.6 Å². The van der Waals surface area contributed by atoms with Crippen LogP contribution in [0.15, 0.2) is 58.3 Å². The fourth-order valence-electron chi connectivity index (χ4n) is 3.88. The van der Waals surface area contributed by atoms with Crippen LogP contribution in [0, 0.1) is 0 Å². The van der Waals surface area contributed by atoms with Gasteiger partial charge >= 0.3 is 0 Å². The highest BCUT2D eigenvalue weighted by atomic mass is 35.5. The third kappa shape index (κ3) is 3.12. The summed E-state index contributed by atoms with van der Waals surface area (Å²) in [4.78, 5) is 9.35. The Kier molecular flexibility index (Phi) is 4.65. The summed E-state index contributed by atoms with van der Waals surface area (Å²) in [5.41, 5.74) is 8.39. The number of hydrogen-bond donors (Lipinski definition) is 1. The highest BCUT2D eigenvalue weighted by Crippen LogP contribution is 2.36. The maximum absolute atomic E-state index is 13.6. The number of sulfone groups is 1. The zero-order chi connectivity index (χ0) is 20.9. The Bertz CT molecular complexity index is 1380. The maximum atomic E-state index is 13.6. The van der Waals surface area contributed by atoms with Crippen molar-refractivity contribution in [1.29, 1.82) is 0 Å². The molecule has 0 bridgehead atoms. The molecule has 1 atom stereocenters. The molecule has 154 valence electrons. The number of ether oxygens (including phenoxy) is 1. The van der Waals surface area contributed by atoms with Crippen molar-refractivity contribution in [2.45, 2.75) is 35.3 Å². The summed E-state index contributed by atoms with van der Waals surface area (Å²) in [5, 5.41) is 0.328. The minimum absolute atomic E-state index is 0.0436. The molecule has 1 saturated heterocycles. The van der Waals surface area contributed by atoms with Crippen molar-refractivity contribution >= 4 is 49.5 Å². The number of halogens is 1. The van der Waals surface area contributed by atoms with E-state index in [0.717, 1.165) is 12.8 Å². The van der Waals surface area contributed by atoms with Gasteiger partial charge in [-0.25, -0.2) is 18.4 Å². The number of benzene rings is 2. The second-order valence-electron chi connectivity index (χ2n) is 7.31. The van der Waals surface area contributed by atoms with E-state index in [4.69, 9.17) is 27.1 Å². The molecule has 2 aromatic carbocycles. The van der Waals surface area contributed by atoms with Crippen LogP contribution in [0.2, 0.25) is 5.02 Å². The number of fused-ring (bicyclic) bond motifs is 2. The summed E-state index contributed by atoms with van der Waals surface area (Å²) in [6.07, 6.45) is 1.81. The Hall–Kier alpha value is -2.68. The first-order chi connectivity index (χ1) is 14.4. The van der Waals surface area contributed by atoms with Crippen molar-refractivity contribution in [2.75, 3.05) is 12.3 Å². The number of nitrogens with two attached hydrogens (primary N) is 1. The van der Waals surface area contributed by atoms with E-state index in [9.17, 15) is 8.42 Å². The molecule has 2 aromatic heterocycles. The van der Waals surface area contributed by atoms with Gasteiger partial charge in [-0.3, -0.25) is 0 Å². The molecule has 1 aliphatic heterocycles. The molecule has 0 spiro atoms. The van der Waals surface area contributed by atoms with Crippen molar-refractivity contribution in [1.82, 2.24) is 14.5 Å². The second-order valence-corrected chi connectivity index (χ2v) is 9.63. The normalized spacial score (nSPS) is 17.2. The highest BCUT2D eigenvalue weighted by Gasteiger charge is 2.31. The monoisotopic (exact) mass is 442 g/mol. The van der Waals surface area contributed by atoms with Gasteiger partial charge in [-0.2, -0.15) is 0 Å². The second kappa shape index (κ2) is 7.23. The molecule has 0 radical (unpaired) electrons. The average Bonchev–Trinajstić information content (AvgIpc) is 3.33. The quantitative estimate of drug-likeness (QED) is 0.515. The largest absolute Gasteiger partial charge is 0.384 e. The molecule has 1 aliphatic rings. The summed E-state index contributed by atoms with van der Waals surface area (Å²) in [5.74, 6) is 0.107. The SMILES string of the molecule is Nc1c(S(=O)(=O)c2cccc(Cl)c2)c2nc3ccccc3nc2n1CC1CCCO1. The summed E-state index contributed by atoms with van der Waals surface area (Å²) >= 11 is 6.05. The van der Waals surface area contributed by atoms with Crippen LogP contribution in [0.1, 0.15) is 12.8 Å². The zero-order valence-electron chi connectivity index (χ0n) is 16.0. The Morgan fingerprint density at radius 1 is 1.13 bits per heavy atom. The van der Waals surface area contributed by atoms with Gasteiger partial charge in [0.1, 0.15) is 16.2 Å². The van der Waals surface area contributed by atoms with Crippen LogP contribution in [0.4, 0.5) is 5.82 Å². The molecular weight excluding hydrogens is 424 g/mol. The van der Waals surface area contributed by atoms with Crippen LogP contribution in [0.5, 0.6) is 0 Å². The van der Waals surface area contributed by atoms with Crippen LogP contribution in [0.25, 0.3) is 22.2 Å².